The van der Waals surface area contributed by atoms with Gasteiger partial charge in [0.05, 0.1) is 0 Å². The van der Waals surface area contributed by atoms with Gasteiger partial charge in [0, 0.05) is 10.4 Å². The molecular weight excluding hydrogens is 329 g/mol. The molecule has 0 heterocycles. The number of hydrogen-bond acceptors (Lipinski definition) is 2. The van der Waals surface area contributed by atoms with Crippen LogP contribution < -0.4 is 0 Å². The fourth-order valence-corrected chi connectivity index (χ4v) is 2.38. The highest BCUT2D eigenvalue weighted by Gasteiger charge is 2.61. The molecule has 2 nitrogen and oxygen atoms in total. The molecular formula is C12H14BrClF2O2. The average Bonchev–Trinajstić information content (AvgIpc) is 2.27. The van der Waals surface area contributed by atoms with Crippen LogP contribution in [0.1, 0.15) is 19.4 Å². The van der Waals surface area contributed by atoms with Crippen molar-refractivity contribution >= 4 is 27.5 Å². The Morgan fingerprint density at radius 2 is 1.61 bits per heavy atom. The van der Waals surface area contributed by atoms with Crippen molar-refractivity contribution in [2.45, 2.75) is 31.0 Å². The normalized spacial score (nSPS) is 16.4. The van der Waals surface area contributed by atoms with Gasteiger partial charge in [0.15, 0.2) is 5.60 Å². The lowest BCUT2D eigenvalue weighted by molar-refractivity contribution is -0.259. The number of rotatable bonds is 4. The molecule has 0 bridgehead atoms. The first-order chi connectivity index (χ1) is 8.06. The fraction of sp³-hybridized carbons (Fsp3) is 0.500. The number of hydrogen-bond donors (Lipinski definition) is 2. The lowest BCUT2D eigenvalue weighted by Gasteiger charge is -2.41. The minimum atomic E-state index is -3.74. The molecule has 0 amide bonds. The van der Waals surface area contributed by atoms with Crippen LogP contribution in [0, 0.1) is 0 Å². The summed E-state index contributed by atoms with van der Waals surface area (Å²) >= 11 is 8.56. The SMILES string of the molecule is CC(C)(O)C(F)(F)C(O)(CBr)c1ccc(Cl)cc1. The summed E-state index contributed by atoms with van der Waals surface area (Å²) in [5.41, 5.74) is -4.90. The van der Waals surface area contributed by atoms with Gasteiger partial charge in [-0.15, -0.1) is 0 Å². The van der Waals surface area contributed by atoms with E-state index in [1.807, 2.05) is 0 Å². The third kappa shape index (κ3) is 2.54. The third-order valence-corrected chi connectivity index (χ3v) is 3.87. The van der Waals surface area contributed by atoms with Gasteiger partial charge in [-0.1, -0.05) is 39.7 Å². The molecule has 6 heteroatoms. The van der Waals surface area contributed by atoms with Crippen LogP contribution in [0.4, 0.5) is 8.78 Å². The van der Waals surface area contributed by atoms with Crippen LogP contribution >= 0.6 is 27.5 Å². The molecule has 1 aromatic carbocycles. The van der Waals surface area contributed by atoms with Gasteiger partial charge in [0.1, 0.15) is 5.60 Å². The molecule has 1 aromatic rings. The number of halogens is 4. The Labute approximate surface area is 118 Å². The van der Waals surface area contributed by atoms with E-state index < -0.39 is 22.5 Å². The quantitative estimate of drug-likeness (QED) is 0.823. The van der Waals surface area contributed by atoms with E-state index in [0.29, 0.717) is 5.02 Å². The summed E-state index contributed by atoms with van der Waals surface area (Å²) in [6, 6.07) is 5.43. The van der Waals surface area contributed by atoms with E-state index in [4.69, 9.17) is 11.6 Å². The van der Waals surface area contributed by atoms with Crippen molar-refractivity contribution < 1.29 is 19.0 Å². The molecule has 0 aliphatic carbocycles. The van der Waals surface area contributed by atoms with Crippen molar-refractivity contribution in [1.29, 1.82) is 0 Å². The molecule has 0 aliphatic heterocycles. The highest BCUT2D eigenvalue weighted by atomic mass is 79.9. The largest absolute Gasteiger partial charge is 0.384 e. The summed E-state index contributed by atoms with van der Waals surface area (Å²) < 4.78 is 28.4. The molecule has 1 unspecified atom stereocenters. The molecule has 1 atom stereocenters. The molecule has 102 valence electrons. The van der Waals surface area contributed by atoms with Crippen molar-refractivity contribution in [2.24, 2.45) is 0 Å². The van der Waals surface area contributed by atoms with Crippen LogP contribution in [0.25, 0.3) is 0 Å². The van der Waals surface area contributed by atoms with Gasteiger partial charge in [-0.25, -0.2) is 0 Å². The Balaban J connectivity index is 3.33. The molecule has 0 spiro atoms. The van der Waals surface area contributed by atoms with Gasteiger partial charge in [-0.05, 0) is 31.5 Å². The number of alkyl halides is 3. The van der Waals surface area contributed by atoms with Crippen molar-refractivity contribution in [1.82, 2.24) is 0 Å². The topological polar surface area (TPSA) is 40.5 Å². The summed E-state index contributed by atoms with van der Waals surface area (Å²) in [4.78, 5) is 0. The second-order valence-electron chi connectivity index (χ2n) is 4.63. The maximum absolute atomic E-state index is 14.2. The Morgan fingerprint density at radius 1 is 1.17 bits per heavy atom. The number of aliphatic hydroxyl groups is 2. The molecule has 18 heavy (non-hydrogen) atoms. The maximum atomic E-state index is 14.2. The van der Waals surface area contributed by atoms with Crippen molar-refractivity contribution in [3.05, 3.63) is 34.9 Å². The van der Waals surface area contributed by atoms with Crippen LogP contribution in [-0.4, -0.2) is 27.1 Å². The van der Waals surface area contributed by atoms with E-state index >= 15 is 0 Å². The maximum Gasteiger partial charge on any atom is 0.308 e. The Hall–Kier alpha value is -0.230. The predicted molar refractivity (Wildman–Crippen MR) is 70.4 cm³/mol. The highest BCUT2D eigenvalue weighted by Crippen LogP contribution is 2.45. The lowest BCUT2D eigenvalue weighted by Crippen LogP contribution is -2.59. The lowest BCUT2D eigenvalue weighted by atomic mass is 9.81. The third-order valence-electron chi connectivity index (χ3n) is 2.80. The van der Waals surface area contributed by atoms with Gasteiger partial charge in [0.25, 0.3) is 0 Å². The van der Waals surface area contributed by atoms with E-state index in [1.165, 1.54) is 24.3 Å². The van der Waals surface area contributed by atoms with Crippen LogP contribution in [0.2, 0.25) is 5.02 Å². The van der Waals surface area contributed by atoms with Gasteiger partial charge < -0.3 is 10.2 Å². The Kier molecular flexibility index (Phi) is 4.43. The Bertz CT molecular complexity index is 417. The van der Waals surface area contributed by atoms with Crippen LogP contribution in [0.3, 0.4) is 0 Å². The molecule has 0 aromatic heterocycles. The molecule has 1 rings (SSSR count). The Morgan fingerprint density at radius 3 is 1.94 bits per heavy atom. The van der Waals surface area contributed by atoms with Crippen LogP contribution in [-0.2, 0) is 5.60 Å². The molecule has 0 fully saturated rings. The van der Waals surface area contributed by atoms with E-state index in [2.05, 4.69) is 15.9 Å². The van der Waals surface area contributed by atoms with E-state index in [1.54, 1.807) is 0 Å². The zero-order chi connectivity index (χ0) is 14.2. The molecule has 0 saturated heterocycles. The average molecular weight is 344 g/mol. The standard InChI is InChI=1S/C12H14BrClF2O2/c1-10(2,17)12(15,16)11(18,7-13)8-3-5-9(14)6-4-8/h3-6,17-18H,7H2,1-2H3. The van der Waals surface area contributed by atoms with Crippen molar-refractivity contribution in [3.63, 3.8) is 0 Å². The van der Waals surface area contributed by atoms with Crippen LogP contribution in [0.15, 0.2) is 24.3 Å². The first-order valence-electron chi connectivity index (χ1n) is 5.21. The van der Waals surface area contributed by atoms with Crippen molar-refractivity contribution in [3.8, 4) is 0 Å². The molecule has 0 saturated carbocycles. The summed E-state index contributed by atoms with van der Waals surface area (Å²) in [7, 11) is 0. The summed E-state index contributed by atoms with van der Waals surface area (Å²) in [5, 5.41) is 19.8. The van der Waals surface area contributed by atoms with Crippen molar-refractivity contribution in [2.75, 3.05) is 5.33 Å². The van der Waals surface area contributed by atoms with Gasteiger partial charge >= 0.3 is 5.92 Å². The predicted octanol–water partition coefficient (Wildman–Crippen LogP) is 3.33. The van der Waals surface area contributed by atoms with E-state index in [-0.39, 0.29) is 5.56 Å². The van der Waals surface area contributed by atoms with E-state index in [9.17, 15) is 19.0 Å². The molecule has 2 N–H and O–H groups in total. The highest BCUT2D eigenvalue weighted by molar-refractivity contribution is 9.09. The second kappa shape index (κ2) is 5.04. The molecule has 0 radical (unpaired) electrons. The summed E-state index contributed by atoms with van der Waals surface area (Å²) in [6.07, 6.45) is 0. The minimum Gasteiger partial charge on any atom is -0.384 e. The summed E-state index contributed by atoms with van der Waals surface area (Å²) in [6.45, 7) is 1.91. The zero-order valence-corrected chi connectivity index (χ0v) is 12.3. The van der Waals surface area contributed by atoms with Gasteiger partial charge in [0.2, 0.25) is 0 Å². The number of benzene rings is 1. The second-order valence-corrected chi connectivity index (χ2v) is 5.63. The smallest absolute Gasteiger partial charge is 0.308 e. The zero-order valence-electron chi connectivity index (χ0n) is 9.92. The first kappa shape index (κ1) is 15.8. The van der Waals surface area contributed by atoms with E-state index in [0.717, 1.165) is 13.8 Å². The minimum absolute atomic E-state index is 0.0177. The summed E-state index contributed by atoms with van der Waals surface area (Å²) in [5.74, 6) is -3.74. The fourth-order valence-electron chi connectivity index (χ4n) is 1.57. The monoisotopic (exact) mass is 342 g/mol. The van der Waals surface area contributed by atoms with Crippen LogP contribution in [0.5, 0.6) is 0 Å². The molecule has 0 aliphatic rings. The van der Waals surface area contributed by atoms with Gasteiger partial charge in [-0.3, -0.25) is 0 Å². The van der Waals surface area contributed by atoms with Gasteiger partial charge in [-0.2, -0.15) is 8.78 Å². The first-order valence-corrected chi connectivity index (χ1v) is 6.71.